The second-order valence-electron chi connectivity index (χ2n) is 11.6. The van der Waals surface area contributed by atoms with Crippen LogP contribution in [0.3, 0.4) is 0 Å². The third-order valence-electron chi connectivity index (χ3n) is 9.20. The Morgan fingerprint density at radius 3 is 1.70 bits per heavy atom. The fourth-order valence-corrected chi connectivity index (χ4v) is 10.5. The second kappa shape index (κ2) is 12.2. The molecule has 3 aromatic carbocycles. The van der Waals surface area contributed by atoms with Crippen molar-refractivity contribution in [2.75, 3.05) is 5.75 Å². The number of hydrogen-bond donors (Lipinski definition) is 0. The fourth-order valence-electron chi connectivity index (χ4n) is 6.71. The minimum absolute atomic E-state index is 0.0248. The van der Waals surface area contributed by atoms with Crippen molar-refractivity contribution in [2.45, 2.75) is 87.8 Å². The van der Waals surface area contributed by atoms with Gasteiger partial charge in [-0.25, -0.2) is 8.42 Å². The molecule has 2 atom stereocenters. The lowest BCUT2D eigenvalue weighted by molar-refractivity contribution is -0.128. The summed E-state index contributed by atoms with van der Waals surface area (Å²) in [5, 5.41) is 0. The molecule has 6 heteroatoms. The molecule has 0 aromatic heterocycles. The van der Waals surface area contributed by atoms with E-state index in [1.165, 1.54) is 26.5 Å². The van der Waals surface area contributed by atoms with Crippen molar-refractivity contribution in [3.05, 3.63) is 89.5 Å². The first-order valence-corrected chi connectivity index (χ1v) is 17.2. The molecule has 3 aromatic rings. The molecule has 4 nitrogen and oxygen atoms in total. The zero-order valence-electron chi connectivity index (χ0n) is 24.4. The maximum absolute atomic E-state index is 11.8. The van der Waals surface area contributed by atoms with E-state index in [0.29, 0.717) is 12.8 Å². The Morgan fingerprint density at radius 1 is 0.850 bits per heavy atom. The SMILES string of the molecule is CC1(C)C2CCC1(CS(=O)(=O)[O-])C(=O)C2.CCc1cc(CC)c([S+](c2ccccc2)c2ccccc2)c(CC)c1. The molecule has 0 amide bonds. The highest BCUT2D eigenvalue weighted by Crippen LogP contribution is 2.64. The Morgan fingerprint density at radius 2 is 1.35 bits per heavy atom. The number of aryl methyl sites for hydroxylation is 3. The van der Waals surface area contributed by atoms with Crippen LogP contribution in [0.25, 0.3) is 0 Å². The van der Waals surface area contributed by atoms with E-state index in [9.17, 15) is 17.8 Å². The summed E-state index contributed by atoms with van der Waals surface area (Å²) in [5.41, 5.74) is 3.25. The molecule has 214 valence electrons. The van der Waals surface area contributed by atoms with E-state index >= 15 is 0 Å². The lowest BCUT2D eigenvalue weighted by atomic mass is 9.70. The summed E-state index contributed by atoms with van der Waals surface area (Å²) in [6.07, 6.45) is 5.14. The van der Waals surface area contributed by atoms with Gasteiger partial charge in [-0.05, 0) is 73.3 Å². The topological polar surface area (TPSA) is 74.3 Å². The van der Waals surface area contributed by atoms with Crippen molar-refractivity contribution in [1.82, 2.24) is 0 Å². The average molecular weight is 579 g/mol. The van der Waals surface area contributed by atoms with Gasteiger partial charge in [0, 0.05) is 23.0 Å². The Labute approximate surface area is 243 Å². The number of carbonyl (C=O) groups is 1. The molecule has 2 aliphatic carbocycles. The first-order chi connectivity index (χ1) is 19.0. The zero-order valence-corrected chi connectivity index (χ0v) is 26.0. The highest BCUT2D eigenvalue weighted by Gasteiger charge is 2.64. The molecule has 40 heavy (non-hydrogen) atoms. The largest absolute Gasteiger partial charge is 0.748 e. The van der Waals surface area contributed by atoms with Gasteiger partial charge in [-0.3, -0.25) is 4.79 Å². The monoisotopic (exact) mass is 578 g/mol. The van der Waals surface area contributed by atoms with Crippen molar-refractivity contribution in [1.29, 1.82) is 0 Å². The second-order valence-corrected chi connectivity index (χ2v) is 15.0. The first kappa shape index (κ1) is 30.5. The van der Waals surface area contributed by atoms with Gasteiger partial charge in [0.25, 0.3) is 0 Å². The van der Waals surface area contributed by atoms with E-state index in [1.807, 2.05) is 13.8 Å². The fraction of sp³-hybridized carbons (Fsp3) is 0.441. The minimum Gasteiger partial charge on any atom is -0.748 e. The van der Waals surface area contributed by atoms with Crippen LogP contribution >= 0.6 is 0 Å². The Kier molecular flexibility index (Phi) is 9.33. The van der Waals surface area contributed by atoms with Gasteiger partial charge in [-0.2, -0.15) is 0 Å². The van der Waals surface area contributed by atoms with Gasteiger partial charge in [-0.15, -0.1) is 0 Å². The van der Waals surface area contributed by atoms with Gasteiger partial charge in [0.1, 0.15) is 5.78 Å². The Hall–Kier alpha value is -2.41. The summed E-state index contributed by atoms with van der Waals surface area (Å²) in [4.78, 5) is 16.2. The van der Waals surface area contributed by atoms with Crippen LogP contribution in [-0.4, -0.2) is 24.5 Å². The smallest absolute Gasteiger partial charge is 0.172 e. The van der Waals surface area contributed by atoms with Gasteiger partial charge in [0.2, 0.25) is 0 Å². The van der Waals surface area contributed by atoms with Crippen molar-refractivity contribution >= 4 is 26.8 Å². The summed E-state index contributed by atoms with van der Waals surface area (Å²) in [6.45, 7) is 10.7. The number of carbonyl (C=O) groups excluding carboxylic acids is 1. The highest BCUT2D eigenvalue weighted by atomic mass is 32.2. The van der Waals surface area contributed by atoms with Crippen LogP contribution in [0.4, 0.5) is 0 Å². The van der Waals surface area contributed by atoms with Gasteiger partial charge >= 0.3 is 0 Å². The van der Waals surface area contributed by atoms with Crippen molar-refractivity contribution in [2.24, 2.45) is 16.7 Å². The van der Waals surface area contributed by atoms with Gasteiger partial charge < -0.3 is 4.55 Å². The molecule has 0 spiro atoms. The van der Waals surface area contributed by atoms with Crippen LogP contribution < -0.4 is 0 Å². The van der Waals surface area contributed by atoms with Crippen LogP contribution in [0.1, 0.15) is 70.6 Å². The van der Waals surface area contributed by atoms with E-state index in [2.05, 4.69) is 93.6 Å². The van der Waals surface area contributed by atoms with Crippen LogP contribution in [0.2, 0.25) is 0 Å². The molecule has 0 saturated heterocycles. The maximum Gasteiger partial charge on any atom is 0.172 e. The van der Waals surface area contributed by atoms with Crippen LogP contribution in [0, 0.1) is 16.7 Å². The third-order valence-corrected chi connectivity index (χ3v) is 12.5. The number of ketones is 1. The maximum atomic E-state index is 11.8. The van der Waals surface area contributed by atoms with Crippen LogP contribution in [-0.2, 0) is 45.1 Å². The Bertz CT molecular complexity index is 1370. The molecule has 0 aliphatic heterocycles. The normalized spacial score (nSPS) is 21.4. The third kappa shape index (κ3) is 5.95. The molecule has 5 rings (SSSR count). The molecule has 2 unspecified atom stereocenters. The molecule has 2 aliphatic rings. The summed E-state index contributed by atoms with van der Waals surface area (Å²) in [6, 6.07) is 26.9. The summed E-state index contributed by atoms with van der Waals surface area (Å²) >= 11 is 0. The minimum atomic E-state index is -4.33. The molecular weight excluding hydrogens is 537 g/mol. The summed E-state index contributed by atoms with van der Waals surface area (Å²) < 4.78 is 32.7. The van der Waals surface area contributed by atoms with E-state index in [-0.39, 0.29) is 28.0 Å². The predicted octanol–water partition coefficient (Wildman–Crippen LogP) is 7.40. The van der Waals surface area contributed by atoms with Crippen molar-refractivity contribution < 1.29 is 17.8 Å². The van der Waals surface area contributed by atoms with E-state index < -0.39 is 21.3 Å². The quantitative estimate of drug-likeness (QED) is 0.206. The molecule has 0 heterocycles. The highest BCUT2D eigenvalue weighted by molar-refractivity contribution is 7.97. The zero-order chi connectivity index (χ0) is 29.1. The number of rotatable bonds is 8. The van der Waals surface area contributed by atoms with Gasteiger partial charge in [-0.1, -0.05) is 83.1 Å². The van der Waals surface area contributed by atoms with Gasteiger partial charge in [0.15, 0.2) is 14.7 Å². The van der Waals surface area contributed by atoms with Crippen molar-refractivity contribution in [3.8, 4) is 0 Å². The lowest BCUT2D eigenvalue weighted by Crippen LogP contribution is -2.42. The number of benzene rings is 3. The standard InChI is InChI=1S/C24H27S.C10H16O4S/c1-4-19-17-20(5-2)24(21(6-3)18-19)25(22-13-9-7-10-14-22)23-15-11-8-12-16-23;1-9(2)7-3-4-10(9,8(11)5-7)6-15(12,13)14/h7-18H,4-6H2,1-3H3;7H,3-6H2,1-2H3,(H,12,13,14)/q+1;/p-1. The van der Waals surface area contributed by atoms with E-state index in [1.54, 1.807) is 4.90 Å². The molecular formula is C34H42O4S2. The summed E-state index contributed by atoms with van der Waals surface area (Å²) in [5.74, 6) is -0.280. The molecule has 2 bridgehead atoms. The van der Waals surface area contributed by atoms with Gasteiger partial charge in [0.05, 0.1) is 26.8 Å². The summed E-state index contributed by atoms with van der Waals surface area (Å²) in [7, 11) is -4.37. The molecule has 0 radical (unpaired) electrons. The van der Waals surface area contributed by atoms with E-state index in [0.717, 1.165) is 25.7 Å². The Balaban J connectivity index is 0.000000210. The average Bonchev–Trinajstić information content (AvgIpc) is 3.28. The molecule has 0 N–H and O–H groups in total. The predicted molar refractivity (Wildman–Crippen MR) is 163 cm³/mol. The van der Waals surface area contributed by atoms with E-state index in [4.69, 9.17) is 0 Å². The number of fused-ring (bicyclic) bond motifs is 2. The number of hydrogen-bond acceptors (Lipinski definition) is 4. The molecule has 2 saturated carbocycles. The number of Topliss-reactive ketones (excluding diaryl/α,β-unsaturated/α-hetero) is 1. The first-order valence-electron chi connectivity index (χ1n) is 14.4. The van der Waals surface area contributed by atoms with Crippen LogP contribution in [0.5, 0.6) is 0 Å². The van der Waals surface area contributed by atoms with Crippen LogP contribution in [0.15, 0.2) is 87.5 Å². The molecule has 2 fully saturated rings. The lowest BCUT2D eigenvalue weighted by Gasteiger charge is -2.37. The van der Waals surface area contributed by atoms with Crippen molar-refractivity contribution in [3.63, 3.8) is 0 Å².